The van der Waals surface area contributed by atoms with E-state index < -0.39 is 0 Å². The summed E-state index contributed by atoms with van der Waals surface area (Å²) < 4.78 is 0. The van der Waals surface area contributed by atoms with Gasteiger partial charge in [0.15, 0.2) is 0 Å². The number of rotatable bonds is 4. The Morgan fingerprint density at radius 2 is 1.59 bits per heavy atom. The highest BCUT2D eigenvalue weighted by molar-refractivity contribution is 5.85. The molecule has 1 N–H and O–H groups in total. The number of hydrogen-bond donors (Lipinski definition) is 1. The Hall–Kier alpha value is -0.280. The third-order valence-corrected chi connectivity index (χ3v) is 4.92. The third-order valence-electron chi connectivity index (χ3n) is 4.92. The van der Waals surface area contributed by atoms with Crippen molar-refractivity contribution in [1.29, 1.82) is 0 Å². The molecule has 1 aromatic carbocycles. The largest absolute Gasteiger partial charge is 0.314 e. The van der Waals surface area contributed by atoms with Gasteiger partial charge >= 0.3 is 0 Å². The van der Waals surface area contributed by atoms with E-state index in [0.717, 1.165) is 19.0 Å². The van der Waals surface area contributed by atoms with Gasteiger partial charge in [-0.15, -0.1) is 24.8 Å². The molecule has 0 bridgehead atoms. The predicted octanol–water partition coefficient (Wildman–Crippen LogP) is 4.20. The van der Waals surface area contributed by atoms with Crippen molar-refractivity contribution in [3.05, 3.63) is 34.4 Å². The van der Waals surface area contributed by atoms with Crippen LogP contribution in [0.1, 0.15) is 47.6 Å². The van der Waals surface area contributed by atoms with Crippen molar-refractivity contribution in [3.8, 4) is 0 Å². The van der Waals surface area contributed by atoms with E-state index in [1.165, 1.54) is 49.0 Å². The van der Waals surface area contributed by atoms with Crippen LogP contribution in [0.25, 0.3) is 0 Å². The van der Waals surface area contributed by atoms with Crippen LogP contribution in [-0.2, 0) is 0 Å². The van der Waals surface area contributed by atoms with E-state index in [1.807, 2.05) is 0 Å². The van der Waals surface area contributed by atoms with Gasteiger partial charge < -0.3 is 5.32 Å². The number of nitrogens with zero attached hydrogens (tertiary/aromatic N) is 1. The molecule has 1 atom stereocenters. The second-order valence-electron chi connectivity index (χ2n) is 6.79. The maximum atomic E-state index is 3.49. The highest BCUT2D eigenvalue weighted by Crippen LogP contribution is 2.41. The minimum absolute atomic E-state index is 0. The minimum atomic E-state index is 0. The maximum Gasteiger partial charge on any atom is 0.0357 e. The molecular formula is C18H30Cl2N2. The summed E-state index contributed by atoms with van der Waals surface area (Å²) in [5.41, 5.74) is 6.00. The zero-order valence-electron chi connectivity index (χ0n) is 14.0. The van der Waals surface area contributed by atoms with Crippen molar-refractivity contribution in [2.45, 2.75) is 46.1 Å². The molecule has 22 heavy (non-hydrogen) atoms. The van der Waals surface area contributed by atoms with E-state index in [-0.39, 0.29) is 24.8 Å². The Balaban J connectivity index is 0.00000121. The van der Waals surface area contributed by atoms with Gasteiger partial charge in [0, 0.05) is 32.2 Å². The van der Waals surface area contributed by atoms with Gasteiger partial charge in [0.1, 0.15) is 0 Å². The van der Waals surface area contributed by atoms with Gasteiger partial charge in [-0.05, 0) is 49.8 Å². The fourth-order valence-electron chi connectivity index (χ4n) is 3.83. The molecule has 0 unspecified atom stereocenters. The van der Waals surface area contributed by atoms with Crippen molar-refractivity contribution in [2.24, 2.45) is 5.92 Å². The lowest BCUT2D eigenvalue weighted by Crippen LogP contribution is -2.45. The predicted molar refractivity (Wildman–Crippen MR) is 99.7 cm³/mol. The van der Waals surface area contributed by atoms with Crippen LogP contribution in [0.4, 0.5) is 0 Å². The average molecular weight is 345 g/mol. The fourth-order valence-corrected chi connectivity index (χ4v) is 3.83. The summed E-state index contributed by atoms with van der Waals surface area (Å²) in [6.45, 7) is 11.5. The van der Waals surface area contributed by atoms with Crippen LogP contribution in [0.15, 0.2) is 12.1 Å². The highest BCUT2D eigenvalue weighted by atomic mass is 35.5. The fraction of sp³-hybridized carbons (Fsp3) is 0.667. The van der Waals surface area contributed by atoms with E-state index in [1.54, 1.807) is 5.56 Å². The standard InChI is InChI=1S/C18H28N2.2ClH/c1-13-10-14(2)18(15(3)11-13)17(12-16-4-5-16)20-8-6-19-7-9-20;;/h10-11,16-17,19H,4-9,12H2,1-3H3;2*1H/t17-;;/m1../s1. The molecule has 0 spiro atoms. The van der Waals surface area contributed by atoms with Gasteiger partial charge in [0.25, 0.3) is 0 Å². The number of nitrogens with one attached hydrogen (secondary N) is 1. The molecule has 1 heterocycles. The Labute approximate surface area is 147 Å². The van der Waals surface area contributed by atoms with Crippen LogP contribution in [0.3, 0.4) is 0 Å². The quantitative estimate of drug-likeness (QED) is 0.880. The first kappa shape index (κ1) is 19.8. The van der Waals surface area contributed by atoms with E-state index in [2.05, 4.69) is 43.1 Å². The number of hydrogen-bond acceptors (Lipinski definition) is 2. The molecule has 1 aliphatic carbocycles. The van der Waals surface area contributed by atoms with Gasteiger partial charge in [-0.1, -0.05) is 30.5 Å². The first-order valence-electron chi connectivity index (χ1n) is 8.17. The summed E-state index contributed by atoms with van der Waals surface area (Å²) in [5.74, 6) is 0.981. The molecular weight excluding hydrogens is 315 g/mol. The second kappa shape index (κ2) is 8.54. The number of aryl methyl sites for hydroxylation is 3. The third kappa shape index (κ3) is 4.61. The Kier molecular flexibility index (Phi) is 7.67. The normalized spacial score (nSPS) is 20.0. The van der Waals surface area contributed by atoms with Crippen LogP contribution in [-0.4, -0.2) is 31.1 Å². The maximum absolute atomic E-state index is 3.49. The molecule has 4 heteroatoms. The summed E-state index contributed by atoms with van der Waals surface area (Å²) in [5, 5.41) is 3.49. The molecule has 1 saturated heterocycles. The van der Waals surface area contributed by atoms with Crippen LogP contribution >= 0.6 is 24.8 Å². The molecule has 2 nitrogen and oxygen atoms in total. The average Bonchev–Trinajstić information content (AvgIpc) is 3.21. The van der Waals surface area contributed by atoms with Crippen molar-refractivity contribution in [3.63, 3.8) is 0 Å². The lowest BCUT2D eigenvalue weighted by molar-refractivity contribution is 0.159. The Morgan fingerprint density at radius 1 is 1.05 bits per heavy atom. The highest BCUT2D eigenvalue weighted by Gasteiger charge is 2.31. The molecule has 3 rings (SSSR count). The molecule has 0 radical (unpaired) electrons. The Morgan fingerprint density at radius 3 is 2.09 bits per heavy atom. The monoisotopic (exact) mass is 344 g/mol. The van der Waals surface area contributed by atoms with E-state index in [0.29, 0.717) is 6.04 Å². The summed E-state index contributed by atoms with van der Waals surface area (Å²) >= 11 is 0. The van der Waals surface area contributed by atoms with Crippen LogP contribution < -0.4 is 5.32 Å². The van der Waals surface area contributed by atoms with E-state index >= 15 is 0 Å². The smallest absolute Gasteiger partial charge is 0.0357 e. The summed E-state index contributed by atoms with van der Waals surface area (Å²) in [4.78, 5) is 2.72. The SMILES string of the molecule is Cc1cc(C)c([C@@H](CC2CC2)N2CCNCC2)c(C)c1.Cl.Cl. The summed E-state index contributed by atoms with van der Waals surface area (Å²) in [6, 6.07) is 5.37. The van der Waals surface area contributed by atoms with E-state index in [4.69, 9.17) is 0 Å². The summed E-state index contributed by atoms with van der Waals surface area (Å²) in [7, 11) is 0. The minimum Gasteiger partial charge on any atom is -0.314 e. The molecule has 1 saturated carbocycles. The zero-order chi connectivity index (χ0) is 14.1. The van der Waals surface area contributed by atoms with Gasteiger partial charge in [-0.2, -0.15) is 0 Å². The van der Waals surface area contributed by atoms with Crippen molar-refractivity contribution in [1.82, 2.24) is 10.2 Å². The van der Waals surface area contributed by atoms with Crippen LogP contribution in [0.2, 0.25) is 0 Å². The van der Waals surface area contributed by atoms with Crippen LogP contribution in [0.5, 0.6) is 0 Å². The number of benzene rings is 1. The van der Waals surface area contributed by atoms with Crippen molar-refractivity contribution in [2.75, 3.05) is 26.2 Å². The van der Waals surface area contributed by atoms with Crippen molar-refractivity contribution >= 4 is 24.8 Å². The zero-order valence-corrected chi connectivity index (χ0v) is 15.7. The topological polar surface area (TPSA) is 15.3 Å². The van der Waals surface area contributed by atoms with Crippen molar-refractivity contribution < 1.29 is 0 Å². The number of piperazine rings is 1. The number of halogens is 2. The molecule has 2 fully saturated rings. The summed E-state index contributed by atoms with van der Waals surface area (Å²) in [6.07, 6.45) is 4.27. The molecule has 1 aliphatic heterocycles. The first-order chi connectivity index (χ1) is 9.65. The van der Waals surface area contributed by atoms with Gasteiger partial charge in [0.05, 0.1) is 0 Å². The molecule has 2 aliphatic rings. The lowest BCUT2D eigenvalue weighted by Gasteiger charge is -2.37. The lowest BCUT2D eigenvalue weighted by atomic mass is 9.90. The van der Waals surface area contributed by atoms with Gasteiger partial charge in [0.2, 0.25) is 0 Å². The Bertz CT molecular complexity index is 457. The molecule has 126 valence electrons. The van der Waals surface area contributed by atoms with Crippen LogP contribution in [0, 0.1) is 26.7 Å². The molecule has 0 aromatic heterocycles. The van der Waals surface area contributed by atoms with E-state index in [9.17, 15) is 0 Å². The molecule has 1 aromatic rings. The van der Waals surface area contributed by atoms with Gasteiger partial charge in [-0.25, -0.2) is 0 Å². The second-order valence-corrected chi connectivity index (χ2v) is 6.79. The van der Waals surface area contributed by atoms with Gasteiger partial charge in [-0.3, -0.25) is 4.90 Å². The first-order valence-corrected chi connectivity index (χ1v) is 8.17. The molecule has 0 amide bonds.